The molecule has 6 nitrogen and oxygen atoms in total. The van der Waals surface area contributed by atoms with E-state index in [1.807, 2.05) is 17.7 Å². The minimum absolute atomic E-state index is 0.265. The van der Waals surface area contributed by atoms with E-state index in [4.69, 9.17) is 4.42 Å². The molecule has 0 bridgehead atoms. The first-order valence-electron chi connectivity index (χ1n) is 7.16. The average molecular weight is 289 g/mol. The fourth-order valence-electron chi connectivity index (χ4n) is 2.94. The molecule has 0 aliphatic carbocycles. The molecule has 0 unspecified atom stereocenters. The van der Waals surface area contributed by atoms with Crippen LogP contribution in [-0.2, 0) is 6.54 Å². The summed E-state index contributed by atoms with van der Waals surface area (Å²) in [4.78, 5) is 17.8. The second kappa shape index (κ2) is 5.73. The molecule has 0 radical (unpaired) electrons. The molecule has 21 heavy (non-hydrogen) atoms. The quantitative estimate of drug-likeness (QED) is 0.935. The summed E-state index contributed by atoms with van der Waals surface area (Å²) in [6.45, 7) is 4.60. The molecule has 3 heterocycles. The number of piperidine rings is 1. The summed E-state index contributed by atoms with van der Waals surface area (Å²) >= 11 is 0. The van der Waals surface area contributed by atoms with Crippen LogP contribution in [0.1, 0.15) is 40.8 Å². The van der Waals surface area contributed by atoms with Gasteiger partial charge in [-0.05, 0) is 31.9 Å². The third-order valence-corrected chi connectivity index (χ3v) is 4.17. The lowest BCUT2D eigenvalue weighted by Gasteiger charge is -2.32. The van der Waals surface area contributed by atoms with Crippen LogP contribution in [0.25, 0.3) is 0 Å². The molecule has 2 aromatic rings. The number of aromatic nitrogens is 2. The molecule has 112 valence electrons. The second-order valence-corrected chi connectivity index (χ2v) is 5.47. The maximum Gasteiger partial charge on any atom is 0.352 e. The molecule has 1 fully saturated rings. The molecular formula is C15H19N3O3. The van der Waals surface area contributed by atoms with Gasteiger partial charge in [0.2, 0.25) is 0 Å². The van der Waals surface area contributed by atoms with Crippen LogP contribution in [0.4, 0.5) is 0 Å². The Labute approximate surface area is 123 Å². The highest BCUT2D eigenvalue weighted by atomic mass is 16.4. The number of nitrogens with zero attached hydrogens (tertiary/aromatic N) is 3. The summed E-state index contributed by atoms with van der Waals surface area (Å²) in [7, 11) is 0. The lowest BCUT2D eigenvalue weighted by atomic mass is 10.0. The topological polar surface area (TPSA) is 71.5 Å². The van der Waals surface area contributed by atoms with Crippen molar-refractivity contribution in [1.82, 2.24) is 14.5 Å². The van der Waals surface area contributed by atoms with Crippen molar-refractivity contribution in [2.75, 3.05) is 13.1 Å². The zero-order valence-electron chi connectivity index (χ0n) is 12.0. The summed E-state index contributed by atoms with van der Waals surface area (Å²) in [5, 5.41) is 9.19. The molecule has 0 atom stereocenters. The minimum Gasteiger partial charge on any atom is -0.477 e. The molecule has 0 aromatic carbocycles. The van der Waals surface area contributed by atoms with Crippen LogP contribution in [0, 0.1) is 6.92 Å². The smallest absolute Gasteiger partial charge is 0.352 e. The summed E-state index contributed by atoms with van der Waals surface area (Å²) < 4.78 is 7.11. The van der Waals surface area contributed by atoms with E-state index >= 15 is 0 Å². The molecule has 1 saturated heterocycles. The Morgan fingerprint density at radius 1 is 1.48 bits per heavy atom. The molecule has 1 N–H and O–H groups in total. The van der Waals surface area contributed by atoms with E-state index < -0.39 is 5.97 Å². The molecule has 2 aromatic heterocycles. The van der Waals surface area contributed by atoms with Gasteiger partial charge in [0.15, 0.2) is 6.39 Å². The van der Waals surface area contributed by atoms with Crippen LogP contribution in [0.3, 0.4) is 0 Å². The van der Waals surface area contributed by atoms with Gasteiger partial charge in [-0.3, -0.25) is 4.90 Å². The van der Waals surface area contributed by atoms with Crippen LogP contribution in [0.15, 0.2) is 29.1 Å². The third-order valence-electron chi connectivity index (χ3n) is 4.17. The zero-order valence-corrected chi connectivity index (χ0v) is 12.0. The predicted octanol–water partition coefficient (Wildman–Crippen LogP) is 2.32. The van der Waals surface area contributed by atoms with Gasteiger partial charge in [0, 0.05) is 31.9 Å². The maximum absolute atomic E-state index is 11.2. The van der Waals surface area contributed by atoms with Gasteiger partial charge in [-0.25, -0.2) is 9.78 Å². The van der Waals surface area contributed by atoms with Gasteiger partial charge in [0.05, 0.1) is 5.69 Å². The first kappa shape index (κ1) is 13.9. The first-order valence-corrected chi connectivity index (χ1v) is 7.16. The summed E-state index contributed by atoms with van der Waals surface area (Å²) in [6.07, 6.45) is 5.25. The Kier molecular flexibility index (Phi) is 3.79. The van der Waals surface area contributed by atoms with E-state index in [0.29, 0.717) is 5.69 Å². The largest absolute Gasteiger partial charge is 0.477 e. The molecule has 1 aliphatic heterocycles. The van der Waals surface area contributed by atoms with Crippen LogP contribution < -0.4 is 0 Å². The average Bonchev–Trinajstić information content (AvgIpc) is 3.10. The zero-order chi connectivity index (χ0) is 14.8. The number of rotatable bonds is 4. The number of hydrogen-bond acceptors (Lipinski definition) is 4. The summed E-state index contributed by atoms with van der Waals surface area (Å²) in [5.41, 5.74) is 1.36. The highest BCUT2D eigenvalue weighted by Crippen LogP contribution is 2.25. The molecule has 0 saturated carbocycles. The lowest BCUT2D eigenvalue weighted by Crippen LogP contribution is -2.35. The monoisotopic (exact) mass is 289 g/mol. The van der Waals surface area contributed by atoms with Crippen LogP contribution in [0.2, 0.25) is 0 Å². The number of oxazole rings is 1. The first-order chi connectivity index (χ1) is 10.1. The molecular weight excluding hydrogens is 270 g/mol. The van der Waals surface area contributed by atoms with Crippen molar-refractivity contribution in [1.29, 1.82) is 0 Å². The lowest BCUT2D eigenvalue weighted by molar-refractivity contribution is 0.0678. The Morgan fingerprint density at radius 2 is 2.24 bits per heavy atom. The normalized spacial score (nSPS) is 17.2. The van der Waals surface area contributed by atoms with E-state index in [0.717, 1.165) is 43.9 Å². The number of hydrogen-bond donors (Lipinski definition) is 1. The Hall–Kier alpha value is -2.08. The van der Waals surface area contributed by atoms with Crippen molar-refractivity contribution in [2.24, 2.45) is 0 Å². The van der Waals surface area contributed by atoms with Gasteiger partial charge >= 0.3 is 5.97 Å². The number of carboxylic acid groups (broad SMARTS) is 1. The van der Waals surface area contributed by atoms with Gasteiger partial charge in [-0.1, -0.05) is 0 Å². The fourth-order valence-corrected chi connectivity index (χ4v) is 2.94. The number of carbonyl (C=O) groups is 1. The Balaban J connectivity index is 1.61. The highest BCUT2D eigenvalue weighted by molar-refractivity contribution is 5.85. The number of aromatic carboxylic acids is 1. The van der Waals surface area contributed by atoms with Gasteiger partial charge in [0.1, 0.15) is 11.5 Å². The highest BCUT2D eigenvalue weighted by Gasteiger charge is 2.24. The number of carboxylic acids is 1. The van der Waals surface area contributed by atoms with Crippen molar-refractivity contribution in [2.45, 2.75) is 32.4 Å². The molecule has 0 amide bonds. The predicted molar refractivity (Wildman–Crippen MR) is 76.2 cm³/mol. The Morgan fingerprint density at radius 3 is 2.86 bits per heavy atom. The van der Waals surface area contributed by atoms with Crippen LogP contribution in [0.5, 0.6) is 0 Å². The molecule has 1 aliphatic rings. The number of aryl methyl sites for hydroxylation is 1. The van der Waals surface area contributed by atoms with Crippen LogP contribution in [-0.4, -0.2) is 38.6 Å². The second-order valence-electron chi connectivity index (χ2n) is 5.47. The fraction of sp³-hybridized carbons (Fsp3) is 0.467. The van der Waals surface area contributed by atoms with Crippen molar-refractivity contribution in [3.63, 3.8) is 0 Å². The number of likely N-dealkylation sites (tertiary alicyclic amines) is 1. The maximum atomic E-state index is 11.2. The van der Waals surface area contributed by atoms with Gasteiger partial charge in [-0.2, -0.15) is 0 Å². The Bertz CT molecular complexity index is 624. The van der Waals surface area contributed by atoms with Gasteiger partial charge in [0.25, 0.3) is 0 Å². The molecule has 0 spiro atoms. The third kappa shape index (κ3) is 2.85. The van der Waals surface area contributed by atoms with Crippen molar-refractivity contribution < 1.29 is 14.3 Å². The standard InChI is InChI=1S/C15H19N3O3/c1-11-13(16-10-21-11)9-17-7-4-12(5-8-17)18-6-2-3-14(18)15(19)20/h2-3,6,10,12H,4-5,7-9H2,1H3,(H,19,20). The summed E-state index contributed by atoms with van der Waals surface area (Å²) in [5.74, 6) is 0.0105. The van der Waals surface area contributed by atoms with Crippen molar-refractivity contribution >= 4 is 5.97 Å². The van der Waals surface area contributed by atoms with Gasteiger partial charge < -0.3 is 14.1 Å². The van der Waals surface area contributed by atoms with E-state index in [9.17, 15) is 9.90 Å². The summed E-state index contributed by atoms with van der Waals surface area (Å²) in [6, 6.07) is 3.72. The van der Waals surface area contributed by atoms with Gasteiger partial charge in [-0.15, -0.1) is 0 Å². The van der Waals surface area contributed by atoms with Crippen LogP contribution >= 0.6 is 0 Å². The van der Waals surface area contributed by atoms with E-state index in [-0.39, 0.29) is 6.04 Å². The minimum atomic E-state index is -0.861. The van der Waals surface area contributed by atoms with E-state index in [2.05, 4.69) is 9.88 Å². The molecule has 6 heteroatoms. The van der Waals surface area contributed by atoms with E-state index in [1.165, 1.54) is 6.39 Å². The van der Waals surface area contributed by atoms with Crippen molar-refractivity contribution in [3.05, 3.63) is 41.9 Å². The molecule has 3 rings (SSSR count). The van der Waals surface area contributed by atoms with E-state index in [1.54, 1.807) is 12.1 Å². The SMILES string of the molecule is Cc1ocnc1CN1CCC(n2cccc2C(=O)O)CC1. The van der Waals surface area contributed by atoms with Crippen molar-refractivity contribution in [3.8, 4) is 0 Å².